The highest BCUT2D eigenvalue weighted by Crippen LogP contribution is 2.37. The minimum atomic E-state index is -0.772. The van der Waals surface area contributed by atoms with Crippen molar-refractivity contribution in [1.82, 2.24) is 5.32 Å². The Morgan fingerprint density at radius 1 is 0.692 bits per heavy atom. The van der Waals surface area contributed by atoms with Crippen molar-refractivity contribution in [3.8, 4) is 0 Å². The summed E-state index contributed by atoms with van der Waals surface area (Å²) in [5.74, 6) is -0.0749. The summed E-state index contributed by atoms with van der Waals surface area (Å²) in [7, 11) is 0. The van der Waals surface area contributed by atoms with E-state index in [1.807, 2.05) is 68.4 Å². The molecule has 1 N–H and O–H groups in total. The van der Waals surface area contributed by atoms with Crippen LogP contribution in [0.4, 0.5) is 0 Å². The quantitative estimate of drug-likeness (QED) is 0.452. The van der Waals surface area contributed by atoms with Crippen LogP contribution in [0.1, 0.15) is 30.5 Å². The SMILES string of the molecule is CC(C)(Br)C(=O)NC(c1ccccc1)(c1ccccc1)c1ccccc1. The van der Waals surface area contributed by atoms with Crippen LogP contribution in [0.2, 0.25) is 0 Å². The van der Waals surface area contributed by atoms with Gasteiger partial charge in [-0.05, 0) is 30.5 Å². The molecule has 3 rings (SSSR count). The van der Waals surface area contributed by atoms with Crippen LogP contribution in [0, 0.1) is 0 Å². The summed E-state index contributed by atoms with van der Waals surface area (Å²) in [6.45, 7) is 3.71. The molecule has 132 valence electrons. The summed E-state index contributed by atoms with van der Waals surface area (Å²) >= 11 is 3.50. The predicted octanol–water partition coefficient (Wildman–Crippen LogP) is 5.27. The van der Waals surface area contributed by atoms with E-state index in [1.165, 1.54) is 0 Å². The number of hydrogen-bond acceptors (Lipinski definition) is 1. The fourth-order valence-corrected chi connectivity index (χ4v) is 3.20. The van der Waals surface area contributed by atoms with Gasteiger partial charge in [0.25, 0.3) is 0 Å². The Morgan fingerprint density at radius 3 is 1.27 bits per heavy atom. The molecular formula is C23H22BrNO. The third-order valence-corrected chi connectivity index (χ3v) is 4.82. The summed E-state index contributed by atoms with van der Waals surface area (Å²) in [5, 5.41) is 3.33. The molecule has 0 heterocycles. The number of hydrogen-bond donors (Lipinski definition) is 1. The van der Waals surface area contributed by atoms with Gasteiger partial charge in [-0.15, -0.1) is 0 Å². The van der Waals surface area contributed by atoms with Gasteiger partial charge >= 0.3 is 0 Å². The van der Waals surface area contributed by atoms with Crippen LogP contribution >= 0.6 is 15.9 Å². The molecule has 0 spiro atoms. The number of carbonyl (C=O) groups excluding carboxylic acids is 1. The van der Waals surface area contributed by atoms with Crippen molar-refractivity contribution in [3.63, 3.8) is 0 Å². The van der Waals surface area contributed by atoms with E-state index >= 15 is 0 Å². The van der Waals surface area contributed by atoms with E-state index < -0.39 is 9.86 Å². The summed E-state index contributed by atoms with van der Waals surface area (Å²) in [6.07, 6.45) is 0. The van der Waals surface area contributed by atoms with Gasteiger partial charge in [-0.1, -0.05) is 107 Å². The van der Waals surface area contributed by atoms with Gasteiger partial charge in [-0.25, -0.2) is 0 Å². The normalized spacial score (nSPS) is 11.8. The molecule has 3 heteroatoms. The highest BCUT2D eigenvalue weighted by Gasteiger charge is 2.40. The molecule has 26 heavy (non-hydrogen) atoms. The Kier molecular flexibility index (Phi) is 5.28. The maximum absolute atomic E-state index is 13.0. The lowest BCUT2D eigenvalue weighted by molar-refractivity contribution is -0.123. The number of nitrogens with one attached hydrogen (secondary N) is 1. The summed E-state index contributed by atoms with van der Waals surface area (Å²) in [5.41, 5.74) is 2.28. The second-order valence-corrected chi connectivity index (χ2v) is 8.76. The van der Waals surface area contributed by atoms with Crippen molar-refractivity contribution in [2.75, 3.05) is 0 Å². The molecule has 0 saturated heterocycles. The van der Waals surface area contributed by atoms with Crippen molar-refractivity contribution in [2.45, 2.75) is 23.7 Å². The third-order valence-electron chi connectivity index (χ3n) is 4.46. The van der Waals surface area contributed by atoms with Crippen LogP contribution in [0.25, 0.3) is 0 Å². The minimum absolute atomic E-state index is 0.0749. The fraction of sp³-hybridized carbons (Fsp3) is 0.174. The lowest BCUT2D eigenvalue weighted by Crippen LogP contribution is -2.52. The van der Waals surface area contributed by atoms with Crippen LogP contribution in [-0.4, -0.2) is 10.2 Å². The Bertz CT molecular complexity index is 758. The highest BCUT2D eigenvalue weighted by atomic mass is 79.9. The molecule has 2 nitrogen and oxygen atoms in total. The van der Waals surface area contributed by atoms with E-state index in [0.29, 0.717) is 0 Å². The lowest BCUT2D eigenvalue weighted by Gasteiger charge is -2.38. The first kappa shape index (κ1) is 18.4. The van der Waals surface area contributed by atoms with Gasteiger partial charge in [-0.3, -0.25) is 4.79 Å². The minimum Gasteiger partial charge on any atom is -0.337 e. The molecule has 0 atom stereocenters. The van der Waals surface area contributed by atoms with Crippen LogP contribution in [0.15, 0.2) is 91.0 Å². The molecule has 0 bridgehead atoms. The molecule has 0 aliphatic heterocycles. The number of halogens is 1. The fourth-order valence-electron chi connectivity index (χ4n) is 3.10. The van der Waals surface area contributed by atoms with Crippen LogP contribution in [-0.2, 0) is 10.3 Å². The molecule has 0 aromatic heterocycles. The Hall–Kier alpha value is -2.39. The monoisotopic (exact) mass is 407 g/mol. The molecule has 0 fully saturated rings. The van der Waals surface area contributed by atoms with E-state index in [0.717, 1.165) is 16.7 Å². The van der Waals surface area contributed by atoms with E-state index in [2.05, 4.69) is 57.6 Å². The summed E-state index contributed by atoms with van der Waals surface area (Å²) in [6, 6.07) is 30.3. The predicted molar refractivity (Wildman–Crippen MR) is 110 cm³/mol. The van der Waals surface area contributed by atoms with Crippen molar-refractivity contribution >= 4 is 21.8 Å². The molecule has 3 aromatic carbocycles. The van der Waals surface area contributed by atoms with Crippen molar-refractivity contribution < 1.29 is 4.79 Å². The lowest BCUT2D eigenvalue weighted by atomic mass is 9.76. The molecule has 0 aliphatic rings. The maximum atomic E-state index is 13.0. The zero-order valence-electron chi connectivity index (χ0n) is 14.9. The molecule has 0 aliphatic carbocycles. The molecule has 0 radical (unpaired) electrons. The molecule has 0 saturated carbocycles. The maximum Gasteiger partial charge on any atom is 0.237 e. The number of alkyl halides is 1. The van der Waals surface area contributed by atoms with E-state index in [9.17, 15) is 4.79 Å². The van der Waals surface area contributed by atoms with Crippen molar-refractivity contribution in [1.29, 1.82) is 0 Å². The van der Waals surface area contributed by atoms with E-state index in [-0.39, 0.29) is 5.91 Å². The average molecular weight is 408 g/mol. The first-order valence-electron chi connectivity index (χ1n) is 8.63. The standard InChI is InChI=1S/C23H22BrNO/c1-22(2,24)21(26)25-23(18-12-6-3-7-13-18,19-14-8-4-9-15-19)20-16-10-5-11-17-20/h3-17H,1-2H3,(H,25,26). The van der Waals surface area contributed by atoms with Gasteiger partial charge in [0.2, 0.25) is 5.91 Å². The molecule has 0 unspecified atom stereocenters. The first-order valence-corrected chi connectivity index (χ1v) is 9.42. The number of amides is 1. The second-order valence-electron chi connectivity index (χ2n) is 6.77. The molecule has 1 amide bonds. The van der Waals surface area contributed by atoms with Crippen LogP contribution in [0.3, 0.4) is 0 Å². The number of rotatable bonds is 5. The number of carbonyl (C=O) groups is 1. The van der Waals surface area contributed by atoms with Gasteiger partial charge in [0.15, 0.2) is 0 Å². The Morgan fingerprint density at radius 2 is 1.00 bits per heavy atom. The van der Waals surface area contributed by atoms with E-state index in [1.54, 1.807) is 0 Å². The average Bonchev–Trinajstić information content (AvgIpc) is 2.67. The van der Waals surface area contributed by atoms with Crippen molar-refractivity contribution in [2.24, 2.45) is 0 Å². The van der Waals surface area contributed by atoms with Crippen molar-refractivity contribution in [3.05, 3.63) is 108 Å². The first-order chi connectivity index (χ1) is 12.4. The zero-order chi connectivity index (χ0) is 18.6. The summed E-state index contributed by atoms with van der Waals surface area (Å²) < 4.78 is -0.684. The Labute approximate surface area is 163 Å². The number of benzene rings is 3. The largest absolute Gasteiger partial charge is 0.337 e. The van der Waals surface area contributed by atoms with Gasteiger partial charge < -0.3 is 5.32 Å². The molecular weight excluding hydrogens is 386 g/mol. The smallest absolute Gasteiger partial charge is 0.237 e. The van der Waals surface area contributed by atoms with Crippen LogP contribution < -0.4 is 5.32 Å². The molecule has 3 aromatic rings. The van der Waals surface area contributed by atoms with Gasteiger partial charge in [0, 0.05) is 0 Å². The second kappa shape index (κ2) is 7.46. The van der Waals surface area contributed by atoms with Crippen LogP contribution in [0.5, 0.6) is 0 Å². The topological polar surface area (TPSA) is 29.1 Å². The van der Waals surface area contributed by atoms with Gasteiger partial charge in [0.1, 0.15) is 5.54 Å². The third kappa shape index (κ3) is 3.58. The van der Waals surface area contributed by atoms with Gasteiger partial charge in [-0.2, -0.15) is 0 Å². The summed E-state index contributed by atoms with van der Waals surface area (Å²) in [4.78, 5) is 13.0. The Balaban J connectivity index is 2.30. The zero-order valence-corrected chi connectivity index (χ0v) is 16.5. The van der Waals surface area contributed by atoms with Gasteiger partial charge in [0.05, 0.1) is 4.32 Å². The van der Waals surface area contributed by atoms with E-state index in [4.69, 9.17) is 0 Å². The highest BCUT2D eigenvalue weighted by molar-refractivity contribution is 9.10.